The standard InChI is InChI=1S/C28H24O/c1-28(2,3)24-16-9-17-25-26(24)23-15-8-14-22(27(23)29-25)21-13-7-12-20(18-21)19-10-5-4-6-11-19/h4-18H,1-3H3. The maximum atomic E-state index is 6.42. The third-order valence-electron chi connectivity index (χ3n) is 5.61. The van der Waals surface area contributed by atoms with Gasteiger partial charge in [-0.15, -0.1) is 0 Å². The molecule has 0 atom stereocenters. The van der Waals surface area contributed by atoms with Crippen molar-refractivity contribution in [1.82, 2.24) is 0 Å². The van der Waals surface area contributed by atoms with Crippen LogP contribution in [0, 0.1) is 0 Å². The summed E-state index contributed by atoms with van der Waals surface area (Å²) in [5.41, 5.74) is 8.05. The van der Waals surface area contributed by atoms with Gasteiger partial charge in [-0.3, -0.25) is 0 Å². The number of hydrogen-bond donors (Lipinski definition) is 0. The van der Waals surface area contributed by atoms with Gasteiger partial charge in [-0.2, -0.15) is 0 Å². The molecule has 29 heavy (non-hydrogen) atoms. The number of para-hydroxylation sites is 1. The highest BCUT2D eigenvalue weighted by atomic mass is 16.3. The van der Waals surface area contributed by atoms with Crippen LogP contribution in [0.5, 0.6) is 0 Å². The Hall–Kier alpha value is -3.32. The first-order valence-electron chi connectivity index (χ1n) is 10.1. The molecule has 1 aromatic heterocycles. The Balaban J connectivity index is 1.75. The summed E-state index contributed by atoms with van der Waals surface area (Å²) in [5.74, 6) is 0. The lowest BCUT2D eigenvalue weighted by atomic mass is 9.84. The van der Waals surface area contributed by atoms with Crippen LogP contribution in [0.3, 0.4) is 0 Å². The number of hydrogen-bond acceptors (Lipinski definition) is 1. The third kappa shape index (κ3) is 3.03. The average Bonchev–Trinajstić information content (AvgIpc) is 3.12. The van der Waals surface area contributed by atoms with Crippen molar-refractivity contribution in [3.05, 3.63) is 96.6 Å². The normalized spacial score (nSPS) is 12.0. The molecule has 0 N–H and O–H groups in total. The van der Waals surface area contributed by atoms with Crippen molar-refractivity contribution in [1.29, 1.82) is 0 Å². The first-order chi connectivity index (χ1) is 14.0. The molecule has 0 bridgehead atoms. The van der Waals surface area contributed by atoms with Crippen LogP contribution in [-0.4, -0.2) is 0 Å². The molecule has 0 amide bonds. The van der Waals surface area contributed by atoms with Crippen LogP contribution in [0.15, 0.2) is 95.4 Å². The zero-order valence-corrected chi connectivity index (χ0v) is 17.1. The van der Waals surface area contributed by atoms with Gasteiger partial charge in [0.2, 0.25) is 0 Å². The monoisotopic (exact) mass is 376 g/mol. The molecular weight excluding hydrogens is 352 g/mol. The molecule has 1 nitrogen and oxygen atoms in total. The zero-order valence-electron chi connectivity index (χ0n) is 17.1. The van der Waals surface area contributed by atoms with Crippen LogP contribution in [0.1, 0.15) is 26.3 Å². The van der Waals surface area contributed by atoms with Crippen molar-refractivity contribution >= 4 is 21.9 Å². The van der Waals surface area contributed by atoms with E-state index in [4.69, 9.17) is 4.42 Å². The third-order valence-corrected chi connectivity index (χ3v) is 5.61. The molecule has 0 unspecified atom stereocenters. The molecule has 4 aromatic carbocycles. The van der Waals surface area contributed by atoms with E-state index in [0.29, 0.717) is 0 Å². The molecule has 0 aliphatic rings. The Labute approximate surface area is 171 Å². The largest absolute Gasteiger partial charge is 0.455 e. The van der Waals surface area contributed by atoms with Gasteiger partial charge in [0, 0.05) is 16.3 Å². The highest BCUT2D eigenvalue weighted by Crippen LogP contribution is 2.40. The second-order valence-electron chi connectivity index (χ2n) is 8.66. The molecule has 5 aromatic rings. The van der Waals surface area contributed by atoms with E-state index >= 15 is 0 Å². The van der Waals surface area contributed by atoms with Gasteiger partial charge in [0.15, 0.2) is 0 Å². The van der Waals surface area contributed by atoms with Crippen LogP contribution in [0.4, 0.5) is 0 Å². The molecule has 0 saturated heterocycles. The van der Waals surface area contributed by atoms with Crippen LogP contribution in [-0.2, 0) is 5.41 Å². The van der Waals surface area contributed by atoms with E-state index in [1.54, 1.807) is 0 Å². The average molecular weight is 376 g/mol. The van der Waals surface area contributed by atoms with E-state index in [1.807, 2.05) is 0 Å². The van der Waals surface area contributed by atoms with E-state index < -0.39 is 0 Å². The summed E-state index contributed by atoms with van der Waals surface area (Å²) in [6, 6.07) is 32.1. The predicted octanol–water partition coefficient (Wildman–Crippen LogP) is 8.22. The molecule has 5 rings (SSSR count). The minimum absolute atomic E-state index is 0.0551. The predicted molar refractivity (Wildman–Crippen MR) is 123 cm³/mol. The summed E-state index contributed by atoms with van der Waals surface area (Å²) in [4.78, 5) is 0. The lowest BCUT2D eigenvalue weighted by Gasteiger charge is -2.19. The van der Waals surface area contributed by atoms with Crippen LogP contribution >= 0.6 is 0 Å². The molecule has 0 fully saturated rings. The second-order valence-corrected chi connectivity index (χ2v) is 8.66. The summed E-state index contributed by atoms with van der Waals surface area (Å²) in [6.45, 7) is 6.77. The van der Waals surface area contributed by atoms with E-state index in [-0.39, 0.29) is 5.41 Å². The van der Waals surface area contributed by atoms with Gasteiger partial charge >= 0.3 is 0 Å². The quantitative estimate of drug-likeness (QED) is 0.302. The SMILES string of the molecule is CC(C)(C)c1cccc2oc3c(-c4cccc(-c5ccccc5)c4)cccc3c12. The molecule has 0 aliphatic carbocycles. The van der Waals surface area contributed by atoms with Gasteiger partial charge < -0.3 is 4.42 Å². The molecule has 142 valence electrons. The zero-order chi connectivity index (χ0) is 20.0. The van der Waals surface area contributed by atoms with Crippen LogP contribution < -0.4 is 0 Å². The van der Waals surface area contributed by atoms with Crippen molar-refractivity contribution < 1.29 is 4.42 Å². The molecule has 0 radical (unpaired) electrons. The van der Waals surface area contributed by atoms with Gasteiger partial charge in [-0.1, -0.05) is 99.6 Å². The number of rotatable bonds is 2. The minimum Gasteiger partial charge on any atom is -0.455 e. The van der Waals surface area contributed by atoms with E-state index in [9.17, 15) is 0 Å². The summed E-state index contributed by atoms with van der Waals surface area (Å²) in [6.07, 6.45) is 0. The fraction of sp³-hybridized carbons (Fsp3) is 0.143. The van der Waals surface area contributed by atoms with Gasteiger partial charge in [-0.25, -0.2) is 0 Å². The van der Waals surface area contributed by atoms with E-state index in [1.165, 1.54) is 33.0 Å². The second kappa shape index (κ2) is 6.63. The van der Waals surface area contributed by atoms with Gasteiger partial charge in [-0.05, 0) is 39.8 Å². The Kier molecular flexibility index (Phi) is 4.06. The number of furan rings is 1. The summed E-state index contributed by atoms with van der Waals surface area (Å²) < 4.78 is 6.42. The van der Waals surface area contributed by atoms with Crippen molar-refractivity contribution in [3.8, 4) is 22.3 Å². The van der Waals surface area contributed by atoms with Crippen molar-refractivity contribution in [2.24, 2.45) is 0 Å². The van der Waals surface area contributed by atoms with Gasteiger partial charge in [0.05, 0.1) is 0 Å². The minimum atomic E-state index is 0.0551. The van der Waals surface area contributed by atoms with Crippen molar-refractivity contribution in [3.63, 3.8) is 0 Å². The fourth-order valence-corrected chi connectivity index (χ4v) is 4.20. The Morgan fingerprint density at radius 1 is 0.621 bits per heavy atom. The Morgan fingerprint density at radius 2 is 1.31 bits per heavy atom. The summed E-state index contributed by atoms with van der Waals surface area (Å²) in [5, 5.41) is 2.42. The Bertz CT molecular complexity index is 1320. The number of fused-ring (bicyclic) bond motifs is 3. The van der Waals surface area contributed by atoms with Gasteiger partial charge in [0.25, 0.3) is 0 Å². The number of benzene rings is 4. The van der Waals surface area contributed by atoms with Crippen molar-refractivity contribution in [2.75, 3.05) is 0 Å². The highest BCUT2D eigenvalue weighted by molar-refractivity contribution is 6.11. The molecule has 0 saturated carbocycles. The molecule has 1 heterocycles. The first-order valence-corrected chi connectivity index (χ1v) is 10.1. The highest BCUT2D eigenvalue weighted by Gasteiger charge is 2.21. The molecule has 1 heteroatoms. The maximum Gasteiger partial charge on any atom is 0.143 e. The topological polar surface area (TPSA) is 13.1 Å². The fourth-order valence-electron chi connectivity index (χ4n) is 4.20. The molecule has 0 spiro atoms. The van der Waals surface area contributed by atoms with Crippen LogP contribution in [0.2, 0.25) is 0 Å². The van der Waals surface area contributed by atoms with Crippen molar-refractivity contribution in [2.45, 2.75) is 26.2 Å². The molecular formula is C28H24O. The lowest BCUT2D eigenvalue weighted by Crippen LogP contribution is -2.11. The van der Waals surface area contributed by atoms with Gasteiger partial charge in [0.1, 0.15) is 11.2 Å². The van der Waals surface area contributed by atoms with Crippen LogP contribution in [0.25, 0.3) is 44.2 Å². The molecule has 0 aliphatic heterocycles. The lowest BCUT2D eigenvalue weighted by molar-refractivity contribution is 0.594. The summed E-state index contributed by atoms with van der Waals surface area (Å²) in [7, 11) is 0. The first kappa shape index (κ1) is 17.8. The maximum absolute atomic E-state index is 6.42. The Morgan fingerprint density at radius 3 is 2.10 bits per heavy atom. The van der Waals surface area contributed by atoms with E-state index in [0.717, 1.165) is 16.7 Å². The smallest absolute Gasteiger partial charge is 0.143 e. The van der Waals surface area contributed by atoms with E-state index in [2.05, 4.69) is 112 Å². The summed E-state index contributed by atoms with van der Waals surface area (Å²) >= 11 is 0.